The lowest BCUT2D eigenvalue weighted by Gasteiger charge is -2.15. The Balaban J connectivity index is 1.41. The number of amides is 2. The van der Waals surface area contributed by atoms with Crippen LogP contribution in [0.15, 0.2) is 108 Å². The fourth-order valence-electron chi connectivity index (χ4n) is 3.56. The monoisotopic (exact) mass is 573 g/mol. The van der Waals surface area contributed by atoms with Gasteiger partial charge in [0.1, 0.15) is 5.75 Å². The number of thiocarbonyl (C=S) groups is 1. The first-order chi connectivity index (χ1) is 18.0. The third-order valence-corrected chi connectivity index (χ3v) is 6.05. The van der Waals surface area contributed by atoms with Gasteiger partial charge in [0, 0.05) is 16.6 Å². The zero-order chi connectivity index (χ0) is 26.0. The Morgan fingerprint density at radius 2 is 1.43 bits per heavy atom. The summed E-state index contributed by atoms with van der Waals surface area (Å²) in [4.78, 5) is 25.9. The predicted molar refractivity (Wildman–Crippen MR) is 154 cm³/mol. The molecule has 0 radical (unpaired) electrons. The number of carbonyl (C=O) groups excluding carboxylic acids is 2. The summed E-state index contributed by atoms with van der Waals surface area (Å²) < 4.78 is 6.66. The molecular formula is C29H24BrN3O3S. The van der Waals surface area contributed by atoms with Crippen LogP contribution in [0, 0.1) is 0 Å². The van der Waals surface area contributed by atoms with E-state index in [9.17, 15) is 9.59 Å². The van der Waals surface area contributed by atoms with Crippen LogP contribution in [0.1, 0.15) is 26.3 Å². The van der Waals surface area contributed by atoms with Crippen LogP contribution in [-0.4, -0.2) is 23.5 Å². The second-order valence-corrected chi connectivity index (χ2v) is 9.32. The van der Waals surface area contributed by atoms with Crippen molar-refractivity contribution in [3.8, 4) is 5.75 Å². The van der Waals surface area contributed by atoms with Crippen molar-refractivity contribution < 1.29 is 14.3 Å². The highest BCUT2D eigenvalue weighted by Gasteiger charge is 2.17. The third-order valence-electron chi connectivity index (χ3n) is 5.36. The fraction of sp³-hybridized carbons (Fsp3) is 0.0690. The molecule has 0 saturated heterocycles. The molecule has 0 bridgehead atoms. The molecule has 0 atom stereocenters. The number of halogens is 1. The van der Waals surface area contributed by atoms with E-state index in [1.54, 1.807) is 48.5 Å². The number of hydrogen-bond donors (Lipinski definition) is 3. The molecule has 3 N–H and O–H groups in total. The number of anilines is 2. The average molecular weight is 575 g/mol. The summed E-state index contributed by atoms with van der Waals surface area (Å²) in [5.74, 6) is -0.286. The van der Waals surface area contributed by atoms with Gasteiger partial charge in [-0.15, -0.1) is 0 Å². The van der Waals surface area contributed by atoms with Gasteiger partial charge < -0.3 is 15.4 Å². The summed E-state index contributed by atoms with van der Waals surface area (Å²) >= 11 is 8.80. The first-order valence-corrected chi connectivity index (χ1v) is 12.7. The highest BCUT2D eigenvalue weighted by Crippen LogP contribution is 2.24. The molecule has 6 nitrogen and oxygen atoms in total. The lowest BCUT2D eigenvalue weighted by molar-refractivity contribution is 0.0972. The molecule has 4 rings (SSSR count). The molecule has 0 saturated carbocycles. The molecule has 2 amide bonds. The molecule has 0 heterocycles. The second kappa shape index (κ2) is 12.8. The van der Waals surface area contributed by atoms with Gasteiger partial charge in [0.25, 0.3) is 11.8 Å². The van der Waals surface area contributed by atoms with E-state index >= 15 is 0 Å². The molecule has 0 aliphatic carbocycles. The Bertz CT molecular complexity index is 1400. The molecule has 186 valence electrons. The predicted octanol–water partition coefficient (Wildman–Crippen LogP) is 6.45. The molecule has 0 aliphatic rings. The summed E-state index contributed by atoms with van der Waals surface area (Å²) in [7, 11) is 0. The topological polar surface area (TPSA) is 79.5 Å². The van der Waals surface area contributed by atoms with E-state index in [0.29, 0.717) is 41.3 Å². The van der Waals surface area contributed by atoms with Crippen LogP contribution in [0.2, 0.25) is 0 Å². The number of para-hydroxylation sites is 2. The van der Waals surface area contributed by atoms with Gasteiger partial charge in [-0.25, -0.2) is 0 Å². The lowest BCUT2D eigenvalue weighted by Crippen LogP contribution is -2.35. The van der Waals surface area contributed by atoms with Crippen LogP contribution < -0.4 is 20.7 Å². The minimum Gasteiger partial charge on any atom is -0.492 e. The summed E-state index contributed by atoms with van der Waals surface area (Å²) in [6.07, 6.45) is 0.708. The van der Waals surface area contributed by atoms with Crippen molar-refractivity contribution >= 4 is 56.4 Å². The number of ether oxygens (including phenoxy) is 1. The molecular weight excluding hydrogens is 550 g/mol. The third kappa shape index (κ3) is 7.49. The molecule has 8 heteroatoms. The zero-order valence-corrected chi connectivity index (χ0v) is 22.1. The molecule has 0 aliphatic heterocycles. The highest BCUT2D eigenvalue weighted by molar-refractivity contribution is 9.10. The maximum absolute atomic E-state index is 13.1. The number of nitrogens with one attached hydrogen (secondary N) is 3. The van der Waals surface area contributed by atoms with Crippen LogP contribution in [-0.2, 0) is 6.42 Å². The molecule has 4 aromatic carbocycles. The smallest absolute Gasteiger partial charge is 0.261 e. The average Bonchev–Trinajstić information content (AvgIpc) is 2.91. The Morgan fingerprint density at radius 3 is 2.19 bits per heavy atom. The first kappa shape index (κ1) is 26.1. The van der Waals surface area contributed by atoms with Crippen molar-refractivity contribution in [3.63, 3.8) is 0 Å². The SMILES string of the molecule is O=C(Nc1ccccc1)c1ccccc1NC(=S)NC(=O)c1cc(Br)ccc1OCCc1ccccc1. The van der Waals surface area contributed by atoms with Crippen LogP contribution in [0.4, 0.5) is 11.4 Å². The van der Waals surface area contributed by atoms with E-state index in [1.807, 2.05) is 54.6 Å². The number of benzene rings is 4. The van der Waals surface area contributed by atoms with Crippen LogP contribution >= 0.6 is 28.1 Å². The van der Waals surface area contributed by atoms with Crippen molar-refractivity contribution in [3.05, 3.63) is 124 Å². The maximum atomic E-state index is 13.1. The van der Waals surface area contributed by atoms with Crippen molar-refractivity contribution in [2.45, 2.75) is 6.42 Å². The highest BCUT2D eigenvalue weighted by atomic mass is 79.9. The Morgan fingerprint density at radius 1 is 0.757 bits per heavy atom. The standard InChI is InChI=1S/C29H24BrN3O3S/c30-21-15-16-26(36-18-17-20-9-3-1-4-10-20)24(19-21)28(35)33-29(37)32-25-14-8-7-13-23(25)27(34)31-22-11-5-2-6-12-22/h1-16,19H,17-18H2,(H,31,34)(H2,32,33,35,37). The summed E-state index contributed by atoms with van der Waals surface area (Å²) in [6.45, 7) is 0.415. The molecule has 0 aromatic heterocycles. The van der Waals surface area contributed by atoms with Gasteiger partial charge in [0.05, 0.1) is 23.4 Å². The van der Waals surface area contributed by atoms with E-state index in [2.05, 4.69) is 31.9 Å². The molecule has 37 heavy (non-hydrogen) atoms. The molecule has 0 fully saturated rings. The Kier molecular flexibility index (Phi) is 9.02. The van der Waals surface area contributed by atoms with Gasteiger partial charge in [0.15, 0.2) is 5.11 Å². The second-order valence-electron chi connectivity index (χ2n) is 8.00. The molecule has 0 unspecified atom stereocenters. The van der Waals surface area contributed by atoms with E-state index in [0.717, 1.165) is 10.0 Å². The fourth-order valence-corrected chi connectivity index (χ4v) is 4.13. The minimum atomic E-state index is -0.431. The van der Waals surface area contributed by atoms with Crippen molar-refractivity contribution in [2.24, 2.45) is 0 Å². The molecule has 0 spiro atoms. The number of carbonyl (C=O) groups is 2. The van der Waals surface area contributed by atoms with Gasteiger partial charge in [-0.1, -0.05) is 76.6 Å². The molecule has 4 aromatic rings. The van der Waals surface area contributed by atoms with Crippen molar-refractivity contribution in [2.75, 3.05) is 17.2 Å². The van der Waals surface area contributed by atoms with E-state index in [-0.39, 0.29) is 11.0 Å². The van der Waals surface area contributed by atoms with E-state index < -0.39 is 5.91 Å². The Labute approximate surface area is 229 Å². The summed E-state index contributed by atoms with van der Waals surface area (Å²) in [5.41, 5.74) is 3.01. The zero-order valence-electron chi connectivity index (χ0n) is 19.7. The number of hydrogen-bond acceptors (Lipinski definition) is 4. The van der Waals surface area contributed by atoms with Crippen LogP contribution in [0.3, 0.4) is 0 Å². The number of rotatable bonds is 8. The quantitative estimate of drug-likeness (QED) is 0.211. The van der Waals surface area contributed by atoms with E-state index in [1.165, 1.54) is 0 Å². The Hall–Kier alpha value is -4.01. The largest absolute Gasteiger partial charge is 0.492 e. The van der Waals surface area contributed by atoms with Gasteiger partial charge in [-0.2, -0.15) is 0 Å². The van der Waals surface area contributed by atoms with Gasteiger partial charge in [-0.05, 0) is 60.2 Å². The van der Waals surface area contributed by atoms with Crippen LogP contribution in [0.5, 0.6) is 5.75 Å². The lowest BCUT2D eigenvalue weighted by atomic mass is 10.1. The summed E-state index contributed by atoms with van der Waals surface area (Å²) in [6, 6.07) is 31.3. The minimum absolute atomic E-state index is 0.0557. The maximum Gasteiger partial charge on any atom is 0.261 e. The normalized spacial score (nSPS) is 10.3. The van der Waals surface area contributed by atoms with Gasteiger partial charge >= 0.3 is 0 Å². The van der Waals surface area contributed by atoms with Crippen molar-refractivity contribution in [1.29, 1.82) is 0 Å². The van der Waals surface area contributed by atoms with Gasteiger partial charge in [-0.3, -0.25) is 14.9 Å². The van der Waals surface area contributed by atoms with E-state index in [4.69, 9.17) is 17.0 Å². The van der Waals surface area contributed by atoms with Gasteiger partial charge in [0.2, 0.25) is 0 Å². The van der Waals surface area contributed by atoms with Crippen LogP contribution in [0.25, 0.3) is 0 Å². The summed E-state index contributed by atoms with van der Waals surface area (Å²) in [5, 5.41) is 8.56. The van der Waals surface area contributed by atoms with Crippen molar-refractivity contribution in [1.82, 2.24) is 5.32 Å². The first-order valence-electron chi connectivity index (χ1n) is 11.5.